The van der Waals surface area contributed by atoms with Crippen LogP contribution in [0.2, 0.25) is 5.15 Å². The molecule has 4 aromatic rings. The van der Waals surface area contributed by atoms with Gasteiger partial charge in [0.05, 0.1) is 21.8 Å². The van der Waals surface area contributed by atoms with E-state index in [0.717, 1.165) is 24.8 Å². The highest BCUT2D eigenvalue weighted by molar-refractivity contribution is 8.00. The Bertz CT molecular complexity index is 1340. The van der Waals surface area contributed by atoms with Crippen LogP contribution in [0, 0.1) is 0 Å². The van der Waals surface area contributed by atoms with Gasteiger partial charge in [-0.15, -0.1) is 10.2 Å². The molecule has 0 bridgehead atoms. The number of fused-ring (bicyclic) bond motifs is 3. The average molecular weight is 471 g/mol. The van der Waals surface area contributed by atoms with E-state index in [1.54, 1.807) is 29.8 Å². The molecule has 3 heterocycles. The number of para-hydroxylation sites is 1. The number of benzene rings is 1. The number of unbranched alkanes of at least 4 members (excludes halogenated alkanes) is 2. The Morgan fingerprint density at radius 1 is 1.19 bits per heavy atom. The molecule has 0 saturated heterocycles. The van der Waals surface area contributed by atoms with E-state index >= 15 is 0 Å². The number of carbonyl (C=O) groups excluding carboxylic acids is 1. The van der Waals surface area contributed by atoms with Gasteiger partial charge >= 0.3 is 0 Å². The molecule has 0 saturated carbocycles. The van der Waals surface area contributed by atoms with Gasteiger partial charge in [0.15, 0.2) is 10.3 Å². The lowest BCUT2D eigenvalue weighted by Gasteiger charge is -2.13. The number of thioether (sulfide) groups is 1. The van der Waals surface area contributed by atoms with Crippen LogP contribution in [0.4, 0.5) is 5.69 Å². The molecule has 0 radical (unpaired) electrons. The lowest BCUT2D eigenvalue weighted by molar-refractivity contribution is -0.115. The van der Waals surface area contributed by atoms with E-state index in [1.165, 1.54) is 11.8 Å². The Morgan fingerprint density at radius 2 is 2.00 bits per heavy atom. The van der Waals surface area contributed by atoms with E-state index in [2.05, 4.69) is 27.4 Å². The second-order valence-electron chi connectivity index (χ2n) is 7.39. The lowest BCUT2D eigenvalue weighted by atomic mass is 10.2. The summed E-state index contributed by atoms with van der Waals surface area (Å²) in [5.41, 5.74) is 1.09. The summed E-state index contributed by atoms with van der Waals surface area (Å²) in [7, 11) is 0. The van der Waals surface area contributed by atoms with Crippen LogP contribution >= 0.6 is 23.4 Å². The van der Waals surface area contributed by atoms with Gasteiger partial charge in [-0.2, -0.15) is 0 Å². The molecule has 0 aliphatic rings. The first-order valence-corrected chi connectivity index (χ1v) is 11.7. The summed E-state index contributed by atoms with van der Waals surface area (Å²) in [6, 6.07) is 10.8. The quantitative estimate of drug-likeness (QED) is 0.233. The molecule has 1 N–H and O–H groups in total. The Labute approximate surface area is 194 Å². The van der Waals surface area contributed by atoms with Crippen molar-refractivity contribution in [3.8, 4) is 0 Å². The zero-order valence-electron chi connectivity index (χ0n) is 17.8. The number of carbonyl (C=O) groups is 1. The molecule has 166 valence electrons. The van der Waals surface area contributed by atoms with Crippen LogP contribution in [0.15, 0.2) is 52.5 Å². The molecule has 0 aliphatic heterocycles. The molecule has 0 aliphatic carbocycles. The lowest BCUT2D eigenvalue weighted by Crippen LogP contribution is -2.24. The normalized spacial score (nSPS) is 12.3. The third-order valence-corrected chi connectivity index (χ3v) is 6.48. The monoisotopic (exact) mass is 470 g/mol. The van der Waals surface area contributed by atoms with E-state index in [0.29, 0.717) is 28.6 Å². The Morgan fingerprint density at radius 3 is 2.78 bits per heavy atom. The molecule has 4 rings (SSSR count). The number of hydrogen-bond donors (Lipinski definition) is 1. The fraction of sp³-hybridized carbons (Fsp3) is 0.318. The molecule has 8 nitrogen and oxygen atoms in total. The number of nitrogens with zero attached hydrogens (tertiary/aromatic N) is 5. The van der Waals surface area contributed by atoms with Crippen LogP contribution in [0.25, 0.3) is 16.7 Å². The highest BCUT2D eigenvalue weighted by atomic mass is 35.5. The first kappa shape index (κ1) is 22.3. The van der Waals surface area contributed by atoms with Crippen LogP contribution in [-0.2, 0) is 11.3 Å². The summed E-state index contributed by atoms with van der Waals surface area (Å²) in [6.07, 6.45) is 4.52. The maximum absolute atomic E-state index is 13.1. The number of hydrogen-bond acceptors (Lipinski definition) is 6. The molecule has 0 fully saturated rings. The minimum Gasteiger partial charge on any atom is -0.322 e. The van der Waals surface area contributed by atoms with Crippen molar-refractivity contribution in [2.24, 2.45) is 0 Å². The maximum atomic E-state index is 13.1. The molecule has 0 spiro atoms. The van der Waals surface area contributed by atoms with Crippen molar-refractivity contribution in [1.82, 2.24) is 24.1 Å². The number of halogens is 1. The number of pyridine rings is 1. The summed E-state index contributed by atoms with van der Waals surface area (Å²) >= 11 is 7.32. The number of amides is 1. The SMILES string of the molecule is CCCCCn1c(=O)c2ccccc2n2c(SC(C)C(=O)Nc3cccnc3Cl)nnc12. The van der Waals surface area contributed by atoms with Crippen LogP contribution in [0.5, 0.6) is 0 Å². The average Bonchev–Trinajstić information content (AvgIpc) is 3.21. The van der Waals surface area contributed by atoms with Crippen molar-refractivity contribution in [3.05, 3.63) is 58.1 Å². The number of aryl methyl sites for hydroxylation is 1. The van der Waals surface area contributed by atoms with Crippen molar-refractivity contribution < 1.29 is 4.79 Å². The van der Waals surface area contributed by atoms with Crippen molar-refractivity contribution in [1.29, 1.82) is 0 Å². The number of anilines is 1. The zero-order chi connectivity index (χ0) is 22.7. The van der Waals surface area contributed by atoms with Gasteiger partial charge in [-0.05, 0) is 37.6 Å². The van der Waals surface area contributed by atoms with Crippen molar-refractivity contribution in [3.63, 3.8) is 0 Å². The molecule has 1 aromatic carbocycles. The van der Waals surface area contributed by atoms with Crippen molar-refractivity contribution in [2.75, 3.05) is 5.32 Å². The third-order valence-electron chi connectivity index (χ3n) is 5.13. The fourth-order valence-electron chi connectivity index (χ4n) is 3.46. The number of nitrogens with one attached hydrogen (secondary N) is 1. The van der Waals surface area contributed by atoms with Gasteiger partial charge in [0.2, 0.25) is 11.7 Å². The van der Waals surface area contributed by atoms with Crippen LogP contribution in [-0.4, -0.2) is 35.3 Å². The summed E-state index contributed by atoms with van der Waals surface area (Å²) in [5.74, 6) is 0.248. The topological polar surface area (TPSA) is 94.2 Å². The predicted molar refractivity (Wildman–Crippen MR) is 127 cm³/mol. The van der Waals surface area contributed by atoms with Gasteiger partial charge in [-0.3, -0.25) is 18.6 Å². The molecule has 1 amide bonds. The minimum atomic E-state index is -0.488. The first-order chi connectivity index (χ1) is 15.5. The highest BCUT2D eigenvalue weighted by Crippen LogP contribution is 2.27. The van der Waals surface area contributed by atoms with Gasteiger partial charge < -0.3 is 5.32 Å². The van der Waals surface area contributed by atoms with E-state index in [4.69, 9.17) is 11.6 Å². The molecule has 1 unspecified atom stereocenters. The van der Waals surface area contributed by atoms with Crippen molar-refractivity contribution in [2.45, 2.75) is 50.1 Å². The molecule has 1 atom stereocenters. The fourth-order valence-corrected chi connectivity index (χ4v) is 4.48. The second kappa shape index (κ2) is 9.70. The standard InChI is InChI=1S/C22H23ClN6O2S/c1-3-4-7-13-28-20(31)15-9-5-6-11-17(15)29-21(28)26-27-22(29)32-14(2)19(30)25-16-10-8-12-24-18(16)23/h5-6,8-12,14H,3-4,7,13H2,1-2H3,(H,25,30). The molecular weight excluding hydrogens is 448 g/mol. The number of rotatable bonds is 8. The van der Waals surface area contributed by atoms with Gasteiger partial charge in [-0.25, -0.2) is 4.98 Å². The Hall–Kier alpha value is -2.91. The molecule has 32 heavy (non-hydrogen) atoms. The summed E-state index contributed by atoms with van der Waals surface area (Å²) in [4.78, 5) is 29.8. The largest absolute Gasteiger partial charge is 0.322 e. The van der Waals surface area contributed by atoms with Gasteiger partial charge in [-0.1, -0.05) is 55.3 Å². The number of aromatic nitrogens is 5. The zero-order valence-corrected chi connectivity index (χ0v) is 19.4. The first-order valence-electron chi connectivity index (χ1n) is 10.5. The molecular formula is C22H23ClN6O2S. The molecule has 10 heteroatoms. The smallest absolute Gasteiger partial charge is 0.262 e. The summed E-state index contributed by atoms with van der Waals surface area (Å²) < 4.78 is 3.53. The Kier molecular flexibility index (Phi) is 6.76. The summed E-state index contributed by atoms with van der Waals surface area (Å²) in [6.45, 7) is 4.47. The van der Waals surface area contributed by atoms with Crippen molar-refractivity contribution >= 4 is 51.6 Å². The second-order valence-corrected chi connectivity index (χ2v) is 9.06. The van der Waals surface area contributed by atoms with E-state index in [-0.39, 0.29) is 16.6 Å². The maximum Gasteiger partial charge on any atom is 0.262 e. The van der Waals surface area contributed by atoms with Gasteiger partial charge in [0.1, 0.15) is 0 Å². The van der Waals surface area contributed by atoms with Gasteiger partial charge in [0.25, 0.3) is 5.56 Å². The minimum absolute atomic E-state index is 0.0786. The van der Waals surface area contributed by atoms with Gasteiger partial charge in [0, 0.05) is 12.7 Å². The van der Waals surface area contributed by atoms with E-state index in [1.807, 2.05) is 28.7 Å². The Balaban J connectivity index is 1.69. The van der Waals surface area contributed by atoms with E-state index in [9.17, 15) is 9.59 Å². The predicted octanol–water partition coefficient (Wildman–Crippen LogP) is 4.40. The summed E-state index contributed by atoms with van der Waals surface area (Å²) in [5, 5.41) is 12.3. The highest BCUT2D eigenvalue weighted by Gasteiger charge is 2.22. The van der Waals surface area contributed by atoms with Crippen LogP contribution in [0.3, 0.4) is 0 Å². The third kappa shape index (κ3) is 4.35. The molecule has 3 aromatic heterocycles. The van der Waals surface area contributed by atoms with Crippen LogP contribution in [0.1, 0.15) is 33.1 Å². The van der Waals surface area contributed by atoms with E-state index < -0.39 is 5.25 Å². The van der Waals surface area contributed by atoms with Crippen LogP contribution < -0.4 is 10.9 Å².